The van der Waals surface area contributed by atoms with Crippen LogP contribution in [0.15, 0.2) is 54.6 Å². The van der Waals surface area contributed by atoms with Crippen LogP contribution >= 0.6 is 0 Å². The lowest BCUT2D eigenvalue weighted by Crippen LogP contribution is -2.29. The Morgan fingerprint density at radius 1 is 1.09 bits per heavy atom. The molecule has 118 valence electrons. The number of rotatable bonds is 3. The van der Waals surface area contributed by atoms with Gasteiger partial charge in [-0.2, -0.15) is 5.26 Å². The maximum Gasteiger partial charge on any atom is 0.0991 e. The van der Waals surface area contributed by atoms with E-state index in [0.29, 0.717) is 11.6 Å². The molecule has 3 nitrogen and oxygen atoms in total. The van der Waals surface area contributed by atoms with Gasteiger partial charge in [0.1, 0.15) is 0 Å². The summed E-state index contributed by atoms with van der Waals surface area (Å²) in [5.74, 6) is 0. The monoisotopic (exact) mass is 306 g/mol. The number of ether oxygens (including phenoxy) is 1. The van der Waals surface area contributed by atoms with Crippen molar-refractivity contribution in [3.63, 3.8) is 0 Å². The molecule has 1 aliphatic rings. The summed E-state index contributed by atoms with van der Waals surface area (Å²) in [5.41, 5.74) is 3.21. The fraction of sp³-hybridized carbons (Fsp3) is 0.350. The lowest BCUT2D eigenvalue weighted by molar-refractivity contribution is 0.0605. The minimum Gasteiger partial charge on any atom is -0.372 e. The van der Waals surface area contributed by atoms with Crippen LogP contribution in [0.25, 0.3) is 0 Å². The zero-order valence-corrected chi connectivity index (χ0v) is 13.5. The standard InChI is InChI=1S/C20H22N2O/c1-16(18-5-3-2-4-6-18)22-12-11-20(23-14-13-22)19-9-7-17(15-21)8-10-19/h2-10,16,20H,11-14H2,1H3/t16-,20?/m1/s1. The predicted octanol–water partition coefficient (Wildman–Crippen LogP) is 4.08. The minimum absolute atomic E-state index is 0.121. The van der Waals surface area contributed by atoms with Crippen LogP contribution in [-0.2, 0) is 4.74 Å². The average Bonchev–Trinajstić information content (AvgIpc) is 2.88. The highest BCUT2D eigenvalue weighted by atomic mass is 16.5. The molecule has 0 aromatic heterocycles. The molecule has 0 saturated carbocycles. The normalized spacial score (nSPS) is 20.4. The Hall–Kier alpha value is -2.15. The van der Waals surface area contributed by atoms with Crippen molar-refractivity contribution in [3.8, 4) is 6.07 Å². The topological polar surface area (TPSA) is 36.3 Å². The molecule has 0 spiro atoms. The van der Waals surface area contributed by atoms with Gasteiger partial charge in [-0.05, 0) is 36.6 Å². The molecule has 3 rings (SSSR count). The molecule has 0 amide bonds. The molecule has 2 atom stereocenters. The van der Waals surface area contributed by atoms with Crippen LogP contribution in [0.4, 0.5) is 0 Å². The maximum absolute atomic E-state index is 8.90. The van der Waals surface area contributed by atoms with Gasteiger partial charge < -0.3 is 4.74 Å². The zero-order chi connectivity index (χ0) is 16.1. The second kappa shape index (κ2) is 7.41. The molecule has 1 unspecified atom stereocenters. The predicted molar refractivity (Wildman–Crippen MR) is 90.9 cm³/mol. The number of hydrogen-bond donors (Lipinski definition) is 0. The van der Waals surface area contributed by atoms with Crippen molar-refractivity contribution < 1.29 is 4.74 Å². The Morgan fingerprint density at radius 2 is 1.83 bits per heavy atom. The Morgan fingerprint density at radius 3 is 2.52 bits per heavy atom. The first kappa shape index (κ1) is 15.7. The number of nitrogens with zero attached hydrogens (tertiary/aromatic N) is 2. The molecule has 1 saturated heterocycles. The van der Waals surface area contributed by atoms with E-state index in [4.69, 9.17) is 10.00 Å². The van der Waals surface area contributed by atoms with Crippen molar-refractivity contribution in [2.75, 3.05) is 19.7 Å². The molecule has 1 fully saturated rings. The SMILES string of the molecule is C[C@H](c1ccccc1)N1CCOC(c2ccc(C#N)cc2)CC1. The first-order valence-corrected chi connectivity index (χ1v) is 8.18. The van der Waals surface area contributed by atoms with Gasteiger partial charge in [-0.1, -0.05) is 42.5 Å². The molecule has 0 N–H and O–H groups in total. The second-order valence-corrected chi connectivity index (χ2v) is 6.00. The van der Waals surface area contributed by atoms with E-state index in [1.165, 1.54) is 11.1 Å². The van der Waals surface area contributed by atoms with Crippen molar-refractivity contribution in [1.29, 1.82) is 5.26 Å². The lowest BCUT2D eigenvalue weighted by Gasteiger charge is -2.27. The molecule has 3 heteroatoms. The summed E-state index contributed by atoms with van der Waals surface area (Å²) < 4.78 is 6.05. The van der Waals surface area contributed by atoms with E-state index < -0.39 is 0 Å². The van der Waals surface area contributed by atoms with Crippen LogP contribution in [0.3, 0.4) is 0 Å². The van der Waals surface area contributed by atoms with E-state index in [2.05, 4.69) is 48.2 Å². The summed E-state index contributed by atoms with van der Waals surface area (Å²) >= 11 is 0. The molecule has 1 aliphatic heterocycles. The van der Waals surface area contributed by atoms with Gasteiger partial charge in [-0.15, -0.1) is 0 Å². The van der Waals surface area contributed by atoms with Gasteiger partial charge in [0.05, 0.1) is 24.3 Å². The van der Waals surface area contributed by atoms with Crippen LogP contribution in [0.1, 0.15) is 42.2 Å². The fourth-order valence-corrected chi connectivity index (χ4v) is 3.16. The third kappa shape index (κ3) is 3.79. The molecule has 0 bridgehead atoms. The van der Waals surface area contributed by atoms with E-state index in [-0.39, 0.29) is 6.10 Å². The fourth-order valence-electron chi connectivity index (χ4n) is 3.16. The highest BCUT2D eigenvalue weighted by molar-refractivity contribution is 5.32. The first-order chi connectivity index (χ1) is 11.3. The van der Waals surface area contributed by atoms with Gasteiger partial charge in [0.25, 0.3) is 0 Å². The largest absolute Gasteiger partial charge is 0.372 e. The van der Waals surface area contributed by atoms with Crippen LogP contribution < -0.4 is 0 Å². The molecule has 2 aromatic rings. The van der Waals surface area contributed by atoms with Crippen LogP contribution in [-0.4, -0.2) is 24.6 Å². The number of nitriles is 1. The zero-order valence-electron chi connectivity index (χ0n) is 13.5. The molecule has 23 heavy (non-hydrogen) atoms. The summed E-state index contributed by atoms with van der Waals surface area (Å²) in [6.45, 7) is 4.96. The highest BCUT2D eigenvalue weighted by Crippen LogP contribution is 2.28. The second-order valence-electron chi connectivity index (χ2n) is 6.00. The number of hydrogen-bond acceptors (Lipinski definition) is 3. The molecule has 2 aromatic carbocycles. The van der Waals surface area contributed by atoms with E-state index >= 15 is 0 Å². The maximum atomic E-state index is 8.90. The molecule has 1 heterocycles. The number of benzene rings is 2. The van der Waals surface area contributed by atoms with Crippen molar-refractivity contribution in [1.82, 2.24) is 4.90 Å². The lowest BCUT2D eigenvalue weighted by atomic mass is 10.0. The van der Waals surface area contributed by atoms with Crippen molar-refractivity contribution in [2.24, 2.45) is 0 Å². The van der Waals surface area contributed by atoms with Crippen molar-refractivity contribution in [2.45, 2.75) is 25.5 Å². The van der Waals surface area contributed by atoms with Gasteiger partial charge in [-0.3, -0.25) is 4.90 Å². The van der Waals surface area contributed by atoms with Gasteiger partial charge in [0.15, 0.2) is 0 Å². The highest BCUT2D eigenvalue weighted by Gasteiger charge is 2.22. The third-order valence-corrected chi connectivity index (χ3v) is 4.62. The quantitative estimate of drug-likeness (QED) is 0.857. The average molecular weight is 306 g/mol. The Kier molecular flexibility index (Phi) is 5.07. The summed E-state index contributed by atoms with van der Waals surface area (Å²) in [4.78, 5) is 2.49. The molecular weight excluding hydrogens is 284 g/mol. The summed E-state index contributed by atoms with van der Waals surface area (Å²) in [6, 6.07) is 21.0. The molecule has 0 radical (unpaired) electrons. The van der Waals surface area contributed by atoms with Crippen LogP contribution in [0.5, 0.6) is 0 Å². The van der Waals surface area contributed by atoms with Gasteiger partial charge in [0.2, 0.25) is 0 Å². The summed E-state index contributed by atoms with van der Waals surface area (Å²) in [6.07, 6.45) is 1.10. The first-order valence-electron chi connectivity index (χ1n) is 8.18. The molecular formula is C20H22N2O. The van der Waals surface area contributed by atoms with E-state index in [9.17, 15) is 0 Å². The molecule has 0 aliphatic carbocycles. The smallest absolute Gasteiger partial charge is 0.0991 e. The Bertz CT molecular complexity index is 660. The van der Waals surface area contributed by atoms with Crippen LogP contribution in [0, 0.1) is 11.3 Å². The summed E-state index contributed by atoms with van der Waals surface area (Å²) in [7, 11) is 0. The van der Waals surface area contributed by atoms with E-state index in [1.54, 1.807) is 0 Å². The van der Waals surface area contributed by atoms with E-state index in [0.717, 1.165) is 26.1 Å². The third-order valence-electron chi connectivity index (χ3n) is 4.62. The summed E-state index contributed by atoms with van der Waals surface area (Å²) in [5, 5.41) is 8.90. The van der Waals surface area contributed by atoms with Crippen molar-refractivity contribution in [3.05, 3.63) is 71.3 Å². The minimum atomic E-state index is 0.121. The van der Waals surface area contributed by atoms with Gasteiger partial charge >= 0.3 is 0 Å². The Balaban J connectivity index is 1.66. The Labute approximate surface area is 138 Å². The van der Waals surface area contributed by atoms with Gasteiger partial charge in [-0.25, -0.2) is 0 Å². The van der Waals surface area contributed by atoms with Gasteiger partial charge in [0, 0.05) is 19.1 Å². The van der Waals surface area contributed by atoms with E-state index in [1.807, 2.05) is 24.3 Å². The van der Waals surface area contributed by atoms with Crippen molar-refractivity contribution >= 4 is 0 Å². The van der Waals surface area contributed by atoms with Crippen LogP contribution in [0.2, 0.25) is 0 Å².